The first-order valence-electron chi connectivity index (χ1n) is 11.1. The lowest BCUT2D eigenvalue weighted by molar-refractivity contribution is -0.139. The summed E-state index contributed by atoms with van der Waals surface area (Å²) in [6.07, 6.45) is 1.68. The maximum atomic E-state index is 13.6. The summed E-state index contributed by atoms with van der Waals surface area (Å²) in [4.78, 5) is 27.8. The Hall–Kier alpha value is -2.20. The van der Waals surface area contributed by atoms with Gasteiger partial charge in [0.25, 0.3) is 0 Å². The van der Waals surface area contributed by atoms with Gasteiger partial charge in [-0.05, 0) is 50.6 Å². The van der Waals surface area contributed by atoms with Crippen molar-refractivity contribution in [2.75, 3.05) is 24.2 Å². The Morgan fingerprint density at radius 1 is 1.06 bits per heavy atom. The standard InChI is InChI=1S/C24H30Cl3N3O5S/c1-6-15(2)28-24(32)16(3)29(13-18-19(25)8-7-9-20(18)26)23(31)14-30(36(5,33)34)17-10-11-22(35-4)21(27)12-17/h7-12,15-16H,6,13-14H2,1-5H3,(H,28,32)/t15-,16-/m1/s1. The lowest BCUT2D eigenvalue weighted by atomic mass is 10.1. The van der Waals surface area contributed by atoms with Gasteiger partial charge in [0.1, 0.15) is 18.3 Å². The summed E-state index contributed by atoms with van der Waals surface area (Å²) >= 11 is 18.9. The summed E-state index contributed by atoms with van der Waals surface area (Å²) in [5, 5.41) is 3.66. The lowest BCUT2D eigenvalue weighted by Gasteiger charge is -2.32. The molecule has 2 aromatic carbocycles. The first-order chi connectivity index (χ1) is 16.8. The molecule has 8 nitrogen and oxygen atoms in total. The highest BCUT2D eigenvalue weighted by Gasteiger charge is 2.31. The molecule has 0 heterocycles. The molecule has 0 aliphatic rings. The molecule has 2 rings (SSSR count). The number of carbonyl (C=O) groups excluding carboxylic acids is 2. The highest BCUT2D eigenvalue weighted by molar-refractivity contribution is 7.92. The number of anilines is 1. The Kier molecular flexibility index (Phi) is 10.7. The van der Waals surface area contributed by atoms with E-state index in [4.69, 9.17) is 39.5 Å². The van der Waals surface area contributed by atoms with Crippen molar-refractivity contribution in [1.82, 2.24) is 10.2 Å². The molecule has 0 aliphatic carbocycles. The van der Waals surface area contributed by atoms with Crippen LogP contribution in [0, 0.1) is 0 Å². The summed E-state index contributed by atoms with van der Waals surface area (Å²) in [5.74, 6) is -0.667. The predicted molar refractivity (Wildman–Crippen MR) is 145 cm³/mol. The minimum atomic E-state index is -3.91. The van der Waals surface area contributed by atoms with E-state index in [1.807, 2.05) is 13.8 Å². The predicted octanol–water partition coefficient (Wildman–Crippen LogP) is 4.75. The van der Waals surface area contributed by atoms with E-state index in [0.29, 0.717) is 27.8 Å². The van der Waals surface area contributed by atoms with Crippen LogP contribution in [0.1, 0.15) is 32.8 Å². The summed E-state index contributed by atoms with van der Waals surface area (Å²) in [6.45, 7) is 4.65. The van der Waals surface area contributed by atoms with E-state index in [2.05, 4.69) is 5.32 Å². The number of carbonyl (C=O) groups is 2. The van der Waals surface area contributed by atoms with Crippen LogP contribution in [0.4, 0.5) is 5.69 Å². The Balaban J connectivity index is 2.47. The van der Waals surface area contributed by atoms with Crippen LogP contribution >= 0.6 is 34.8 Å². The van der Waals surface area contributed by atoms with E-state index in [0.717, 1.165) is 10.6 Å². The van der Waals surface area contributed by atoms with Crippen molar-refractivity contribution in [2.45, 2.75) is 45.8 Å². The summed E-state index contributed by atoms with van der Waals surface area (Å²) < 4.78 is 31.4. The number of ether oxygens (including phenoxy) is 1. The van der Waals surface area contributed by atoms with Crippen molar-refractivity contribution in [2.24, 2.45) is 0 Å². The molecule has 0 saturated carbocycles. The minimum Gasteiger partial charge on any atom is -0.495 e. The number of nitrogens with one attached hydrogen (secondary N) is 1. The molecule has 0 aliphatic heterocycles. The van der Waals surface area contributed by atoms with Gasteiger partial charge in [-0.1, -0.05) is 47.8 Å². The van der Waals surface area contributed by atoms with Crippen molar-refractivity contribution in [3.8, 4) is 5.75 Å². The molecule has 0 saturated heterocycles. The van der Waals surface area contributed by atoms with Crippen LogP contribution in [0.2, 0.25) is 15.1 Å². The maximum Gasteiger partial charge on any atom is 0.244 e. The highest BCUT2D eigenvalue weighted by atomic mass is 35.5. The second-order valence-electron chi connectivity index (χ2n) is 8.30. The number of methoxy groups -OCH3 is 1. The molecule has 0 fully saturated rings. The molecule has 1 N–H and O–H groups in total. The molecule has 2 amide bonds. The molecule has 0 spiro atoms. The number of nitrogens with zero attached hydrogens (tertiary/aromatic N) is 2. The SMILES string of the molecule is CC[C@@H](C)NC(=O)[C@@H](C)N(Cc1c(Cl)cccc1Cl)C(=O)CN(c1ccc(OC)c(Cl)c1)S(C)(=O)=O. The first-order valence-corrected chi connectivity index (χ1v) is 14.1. The zero-order valence-electron chi connectivity index (χ0n) is 20.7. The van der Waals surface area contributed by atoms with Gasteiger partial charge in [-0.15, -0.1) is 0 Å². The molecular formula is C24H30Cl3N3O5S. The van der Waals surface area contributed by atoms with Crippen molar-refractivity contribution >= 4 is 62.3 Å². The van der Waals surface area contributed by atoms with Gasteiger partial charge in [-0.25, -0.2) is 8.42 Å². The first kappa shape index (κ1) is 30.0. The van der Waals surface area contributed by atoms with Crippen molar-refractivity contribution in [1.29, 1.82) is 0 Å². The Labute approximate surface area is 227 Å². The molecule has 198 valence electrons. The van der Waals surface area contributed by atoms with E-state index < -0.39 is 28.5 Å². The fourth-order valence-corrected chi connectivity index (χ4v) is 4.94. The Morgan fingerprint density at radius 2 is 1.67 bits per heavy atom. The minimum absolute atomic E-state index is 0.104. The normalized spacial score (nSPS) is 13.0. The third-order valence-corrected chi connectivity index (χ3v) is 7.81. The van der Waals surface area contributed by atoms with Gasteiger partial charge in [-0.3, -0.25) is 13.9 Å². The number of rotatable bonds is 11. The van der Waals surface area contributed by atoms with Gasteiger partial charge in [0.15, 0.2) is 0 Å². The number of hydrogen-bond donors (Lipinski definition) is 1. The molecule has 36 heavy (non-hydrogen) atoms. The second kappa shape index (κ2) is 12.9. The van der Waals surface area contributed by atoms with Crippen LogP contribution in [-0.4, -0.2) is 57.1 Å². The van der Waals surface area contributed by atoms with Crippen molar-refractivity contribution in [3.05, 3.63) is 57.0 Å². The van der Waals surface area contributed by atoms with Gasteiger partial charge in [-0.2, -0.15) is 0 Å². The fourth-order valence-electron chi connectivity index (χ4n) is 3.33. The average Bonchev–Trinajstić information content (AvgIpc) is 2.80. The number of benzene rings is 2. The molecule has 12 heteroatoms. The summed E-state index contributed by atoms with van der Waals surface area (Å²) in [7, 11) is -2.47. The smallest absolute Gasteiger partial charge is 0.244 e. The topological polar surface area (TPSA) is 96.0 Å². The number of amides is 2. The van der Waals surface area contributed by atoms with Crippen LogP contribution in [0.3, 0.4) is 0 Å². The molecule has 0 radical (unpaired) electrons. The van der Waals surface area contributed by atoms with Crippen LogP contribution < -0.4 is 14.4 Å². The third kappa shape index (κ3) is 7.65. The van der Waals surface area contributed by atoms with E-state index >= 15 is 0 Å². The van der Waals surface area contributed by atoms with Crippen LogP contribution in [-0.2, 0) is 26.2 Å². The molecular weight excluding hydrogens is 549 g/mol. The number of hydrogen-bond acceptors (Lipinski definition) is 5. The zero-order valence-corrected chi connectivity index (χ0v) is 23.8. The molecule has 0 aromatic heterocycles. The monoisotopic (exact) mass is 577 g/mol. The molecule has 2 atom stereocenters. The van der Waals surface area contributed by atoms with Gasteiger partial charge in [0, 0.05) is 28.2 Å². The van der Waals surface area contributed by atoms with Gasteiger partial charge in [0.2, 0.25) is 21.8 Å². The van der Waals surface area contributed by atoms with Gasteiger partial charge in [0.05, 0.1) is 24.1 Å². The average molecular weight is 579 g/mol. The number of halogens is 3. The van der Waals surface area contributed by atoms with Gasteiger partial charge < -0.3 is 15.0 Å². The maximum absolute atomic E-state index is 13.6. The van der Waals surface area contributed by atoms with E-state index in [9.17, 15) is 18.0 Å². The third-order valence-electron chi connectivity index (χ3n) is 5.66. The van der Waals surface area contributed by atoms with E-state index in [-0.39, 0.29) is 29.2 Å². The molecule has 0 bridgehead atoms. The highest BCUT2D eigenvalue weighted by Crippen LogP contribution is 2.31. The number of sulfonamides is 1. The summed E-state index contributed by atoms with van der Waals surface area (Å²) in [5.41, 5.74) is 0.611. The van der Waals surface area contributed by atoms with Crippen molar-refractivity contribution in [3.63, 3.8) is 0 Å². The van der Waals surface area contributed by atoms with Gasteiger partial charge >= 0.3 is 0 Å². The Morgan fingerprint density at radius 3 is 2.17 bits per heavy atom. The van der Waals surface area contributed by atoms with Crippen LogP contribution in [0.15, 0.2) is 36.4 Å². The van der Waals surface area contributed by atoms with Crippen LogP contribution in [0.25, 0.3) is 0 Å². The summed E-state index contributed by atoms with van der Waals surface area (Å²) in [6, 6.07) is 8.22. The fraction of sp³-hybridized carbons (Fsp3) is 0.417. The van der Waals surface area contributed by atoms with Crippen molar-refractivity contribution < 1.29 is 22.7 Å². The second-order valence-corrected chi connectivity index (χ2v) is 11.4. The molecule has 2 aromatic rings. The largest absolute Gasteiger partial charge is 0.495 e. The van der Waals surface area contributed by atoms with E-state index in [1.54, 1.807) is 25.1 Å². The van der Waals surface area contributed by atoms with Crippen LogP contribution in [0.5, 0.6) is 5.75 Å². The quantitative estimate of drug-likeness (QED) is 0.415. The Bertz CT molecular complexity index is 1190. The van der Waals surface area contributed by atoms with E-state index in [1.165, 1.54) is 30.2 Å². The zero-order chi connectivity index (χ0) is 27.2. The lowest BCUT2D eigenvalue weighted by Crippen LogP contribution is -2.52. The molecule has 0 unspecified atom stereocenters.